The number of rotatable bonds is 3. The van der Waals surface area contributed by atoms with Crippen LogP contribution in [0.2, 0.25) is 0 Å². The summed E-state index contributed by atoms with van der Waals surface area (Å²) < 4.78 is 0. The topological polar surface area (TPSA) is 71.9 Å². The van der Waals surface area contributed by atoms with Crippen LogP contribution in [0.3, 0.4) is 0 Å². The third kappa shape index (κ3) is 3.39. The van der Waals surface area contributed by atoms with Crippen molar-refractivity contribution in [3.05, 3.63) is 48.6 Å². The van der Waals surface area contributed by atoms with E-state index in [4.69, 9.17) is 0 Å². The van der Waals surface area contributed by atoms with E-state index < -0.39 is 0 Å². The number of carbonyl (C=O) groups is 1. The largest absolute Gasteiger partial charge is 0.337 e. The van der Waals surface area contributed by atoms with E-state index in [0.717, 1.165) is 38.0 Å². The smallest absolute Gasteiger partial charge is 0.274 e. The highest BCUT2D eigenvalue weighted by atomic mass is 16.2. The molecular weight excluding hydrogens is 266 g/mol. The minimum Gasteiger partial charge on any atom is -0.337 e. The summed E-state index contributed by atoms with van der Waals surface area (Å²) in [4.78, 5) is 30.7. The second-order valence-corrected chi connectivity index (χ2v) is 5.25. The van der Waals surface area contributed by atoms with Gasteiger partial charge in [-0.1, -0.05) is 0 Å². The Balaban J connectivity index is 1.64. The van der Waals surface area contributed by atoms with Gasteiger partial charge < -0.3 is 4.90 Å². The van der Waals surface area contributed by atoms with E-state index in [2.05, 4.69) is 19.9 Å². The average Bonchev–Trinajstić information content (AvgIpc) is 2.56. The number of likely N-dealkylation sites (tertiary alicyclic amines) is 1. The van der Waals surface area contributed by atoms with Crippen LogP contribution in [0.5, 0.6) is 0 Å². The van der Waals surface area contributed by atoms with Gasteiger partial charge in [-0.15, -0.1) is 0 Å². The van der Waals surface area contributed by atoms with Crippen molar-refractivity contribution < 1.29 is 4.79 Å². The van der Waals surface area contributed by atoms with Crippen molar-refractivity contribution in [3.8, 4) is 0 Å². The fourth-order valence-corrected chi connectivity index (χ4v) is 2.72. The van der Waals surface area contributed by atoms with E-state index in [1.807, 2.05) is 4.90 Å². The van der Waals surface area contributed by atoms with Crippen LogP contribution in [0, 0.1) is 5.92 Å². The standard InChI is InChI=1S/C15H17N5O/c21-15(14-10-17-4-6-19-14)20-7-1-2-12(11-20)8-13-9-16-3-5-18-13/h3-6,9-10,12H,1-2,7-8,11H2. The molecule has 0 saturated carbocycles. The number of piperidine rings is 1. The van der Waals surface area contributed by atoms with Crippen LogP contribution in [-0.2, 0) is 6.42 Å². The SMILES string of the molecule is O=C(c1cnccn1)N1CCCC(Cc2cnccn2)C1. The second-order valence-electron chi connectivity index (χ2n) is 5.25. The molecule has 1 aliphatic heterocycles. The molecule has 0 aliphatic carbocycles. The van der Waals surface area contributed by atoms with Crippen molar-refractivity contribution in [1.82, 2.24) is 24.8 Å². The molecular formula is C15H17N5O. The zero-order valence-corrected chi connectivity index (χ0v) is 11.7. The van der Waals surface area contributed by atoms with Gasteiger partial charge in [0.2, 0.25) is 0 Å². The van der Waals surface area contributed by atoms with Gasteiger partial charge in [-0.05, 0) is 25.2 Å². The molecule has 0 radical (unpaired) electrons. The van der Waals surface area contributed by atoms with Crippen molar-refractivity contribution in [2.24, 2.45) is 5.92 Å². The van der Waals surface area contributed by atoms with Gasteiger partial charge in [0, 0.05) is 44.1 Å². The van der Waals surface area contributed by atoms with Crippen LogP contribution in [0.1, 0.15) is 29.0 Å². The van der Waals surface area contributed by atoms with Crippen molar-refractivity contribution >= 4 is 5.91 Å². The molecule has 6 nitrogen and oxygen atoms in total. The molecule has 1 atom stereocenters. The van der Waals surface area contributed by atoms with E-state index in [1.165, 1.54) is 6.20 Å². The van der Waals surface area contributed by atoms with Crippen molar-refractivity contribution in [1.29, 1.82) is 0 Å². The lowest BCUT2D eigenvalue weighted by molar-refractivity contribution is 0.0666. The van der Waals surface area contributed by atoms with Gasteiger partial charge in [-0.3, -0.25) is 19.7 Å². The minimum atomic E-state index is -0.0352. The highest BCUT2D eigenvalue weighted by molar-refractivity contribution is 5.92. The lowest BCUT2D eigenvalue weighted by Gasteiger charge is -2.32. The van der Waals surface area contributed by atoms with E-state index in [9.17, 15) is 4.79 Å². The Bertz CT molecular complexity index is 590. The Kier molecular flexibility index (Phi) is 4.14. The van der Waals surface area contributed by atoms with Crippen LogP contribution >= 0.6 is 0 Å². The van der Waals surface area contributed by atoms with E-state index >= 15 is 0 Å². The molecule has 3 heterocycles. The Morgan fingerprint density at radius 3 is 2.67 bits per heavy atom. The maximum atomic E-state index is 12.4. The monoisotopic (exact) mass is 283 g/mol. The van der Waals surface area contributed by atoms with Crippen molar-refractivity contribution in [2.45, 2.75) is 19.3 Å². The number of hydrogen-bond donors (Lipinski definition) is 0. The lowest BCUT2D eigenvalue weighted by atomic mass is 9.93. The summed E-state index contributed by atoms with van der Waals surface area (Å²) in [6, 6.07) is 0. The Labute approximate surface area is 123 Å². The summed E-state index contributed by atoms with van der Waals surface area (Å²) >= 11 is 0. The summed E-state index contributed by atoms with van der Waals surface area (Å²) in [6.45, 7) is 1.53. The highest BCUT2D eigenvalue weighted by Crippen LogP contribution is 2.20. The van der Waals surface area contributed by atoms with E-state index in [1.54, 1.807) is 31.0 Å². The summed E-state index contributed by atoms with van der Waals surface area (Å²) in [7, 11) is 0. The first kappa shape index (κ1) is 13.6. The molecule has 0 spiro atoms. The van der Waals surface area contributed by atoms with Gasteiger partial charge in [-0.25, -0.2) is 4.98 Å². The Hall–Kier alpha value is -2.37. The zero-order valence-electron chi connectivity index (χ0n) is 11.7. The van der Waals surface area contributed by atoms with Crippen LogP contribution in [-0.4, -0.2) is 43.8 Å². The van der Waals surface area contributed by atoms with Gasteiger partial charge in [0.15, 0.2) is 0 Å². The molecule has 108 valence electrons. The number of hydrogen-bond acceptors (Lipinski definition) is 5. The van der Waals surface area contributed by atoms with Gasteiger partial charge in [-0.2, -0.15) is 0 Å². The molecule has 1 amide bonds. The van der Waals surface area contributed by atoms with E-state index in [0.29, 0.717) is 11.6 Å². The average molecular weight is 283 g/mol. The predicted octanol–water partition coefficient (Wildman–Crippen LogP) is 1.36. The normalized spacial score (nSPS) is 18.5. The fraction of sp³-hybridized carbons (Fsp3) is 0.400. The van der Waals surface area contributed by atoms with Gasteiger partial charge >= 0.3 is 0 Å². The molecule has 2 aromatic heterocycles. The molecule has 2 aromatic rings. The van der Waals surface area contributed by atoms with Crippen molar-refractivity contribution in [2.75, 3.05) is 13.1 Å². The molecule has 1 saturated heterocycles. The molecule has 1 unspecified atom stereocenters. The van der Waals surface area contributed by atoms with Gasteiger partial charge in [0.05, 0.1) is 11.9 Å². The second kappa shape index (κ2) is 6.39. The first-order chi connectivity index (χ1) is 10.3. The van der Waals surface area contributed by atoms with Crippen LogP contribution in [0.25, 0.3) is 0 Å². The van der Waals surface area contributed by atoms with Crippen LogP contribution in [0.15, 0.2) is 37.2 Å². The third-order valence-corrected chi connectivity index (χ3v) is 3.70. The first-order valence-corrected chi connectivity index (χ1v) is 7.13. The number of aromatic nitrogens is 4. The minimum absolute atomic E-state index is 0.0352. The van der Waals surface area contributed by atoms with Gasteiger partial charge in [0.25, 0.3) is 5.91 Å². The Morgan fingerprint density at radius 1 is 1.14 bits per heavy atom. The molecule has 0 N–H and O–H groups in total. The maximum absolute atomic E-state index is 12.4. The zero-order chi connectivity index (χ0) is 14.5. The quantitative estimate of drug-likeness (QED) is 0.850. The summed E-state index contributed by atoms with van der Waals surface area (Å²) in [5, 5.41) is 0. The van der Waals surface area contributed by atoms with Crippen LogP contribution < -0.4 is 0 Å². The molecule has 3 rings (SSSR count). The molecule has 1 fully saturated rings. The molecule has 6 heteroatoms. The molecule has 0 bridgehead atoms. The predicted molar refractivity (Wildman–Crippen MR) is 76.4 cm³/mol. The summed E-state index contributed by atoms with van der Waals surface area (Å²) in [5.41, 5.74) is 1.40. The van der Waals surface area contributed by atoms with Crippen LogP contribution in [0.4, 0.5) is 0 Å². The number of carbonyl (C=O) groups excluding carboxylic acids is 1. The lowest BCUT2D eigenvalue weighted by Crippen LogP contribution is -2.41. The van der Waals surface area contributed by atoms with E-state index in [-0.39, 0.29) is 5.91 Å². The fourth-order valence-electron chi connectivity index (χ4n) is 2.72. The highest BCUT2D eigenvalue weighted by Gasteiger charge is 2.25. The summed E-state index contributed by atoms with van der Waals surface area (Å²) in [5.74, 6) is 0.392. The number of nitrogens with zero attached hydrogens (tertiary/aromatic N) is 5. The third-order valence-electron chi connectivity index (χ3n) is 3.70. The summed E-state index contributed by atoms with van der Waals surface area (Å²) in [6.07, 6.45) is 12.8. The molecule has 0 aromatic carbocycles. The molecule has 1 aliphatic rings. The Morgan fingerprint density at radius 2 is 1.95 bits per heavy atom. The van der Waals surface area contributed by atoms with Gasteiger partial charge in [0.1, 0.15) is 5.69 Å². The van der Waals surface area contributed by atoms with Crippen molar-refractivity contribution in [3.63, 3.8) is 0 Å². The maximum Gasteiger partial charge on any atom is 0.274 e. The molecule has 21 heavy (non-hydrogen) atoms. The number of amides is 1. The first-order valence-electron chi connectivity index (χ1n) is 7.13.